The van der Waals surface area contributed by atoms with Crippen molar-refractivity contribution in [1.82, 2.24) is 5.32 Å². The molecule has 25 heavy (non-hydrogen) atoms. The Bertz CT molecular complexity index is 848. The van der Waals surface area contributed by atoms with Gasteiger partial charge in [-0.2, -0.15) is 0 Å². The van der Waals surface area contributed by atoms with Gasteiger partial charge in [0.2, 0.25) is 17.8 Å². The van der Waals surface area contributed by atoms with Crippen LogP contribution in [0.5, 0.6) is 0 Å². The fourth-order valence-electron chi connectivity index (χ4n) is 3.17. The number of anilines is 2. The second kappa shape index (κ2) is 6.39. The van der Waals surface area contributed by atoms with E-state index in [4.69, 9.17) is 0 Å². The summed E-state index contributed by atoms with van der Waals surface area (Å²) in [4.78, 5) is 31.1. The summed E-state index contributed by atoms with van der Waals surface area (Å²) in [6.07, 6.45) is 0.948. The van der Waals surface area contributed by atoms with Crippen LogP contribution >= 0.6 is 0 Å². The van der Waals surface area contributed by atoms with Crippen LogP contribution in [0.3, 0.4) is 0 Å². The van der Waals surface area contributed by atoms with Crippen LogP contribution in [0.1, 0.15) is 12.0 Å². The van der Waals surface area contributed by atoms with E-state index in [9.17, 15) is 9.59 Å². The maximum Gasteiger partial charge on any atom is 0.249 e. The zero-order valence-electron chi connectivity index (χ0n) is 13.6. The van der Waals surface area contributed by atoms with Crippen molar-refractivity contribution >= 4 is 29.1 Å². The van der Waals surface area contributed by atoms with E-state index in [1.165, 1.54) is 5.56 Å². The van der Waals surface area contributed by atoms with Crippen LogP contribution in [0.4, 0.5) is 11.4 Å². The zero-order valence-corrected chi connectivity index (χ0v) is 13.6. The number of nitrogens with zero attached hydrogens (tertiary/aromatic N) is 2. The van der Waals surface area contributed by atoms with Crippen LogP contribution in [0.2, 0.25) is 0 Å². The summed E-state index contributed by atoms with van der Waals surface area (Å²) < 4.78 is 0. The lowest BCUT2D eigenvalue weighted by atomic mass is 10.1. The van der Waals surface area contributed by atoms with Crippen LogP contribution < -0.4 is 15.5 Å². The molecule has 0 saturated heterocycles. The van der Waals surface area contributed by atoms with Gasteiger partial charge in [0.15, 0.2) is 0 Å². The molecule has 0 aliphatic carbocycles. The largest absolute Gasteiger partial charge is 0.324 e. The summed E-state index contributed by atoms with van der Waals surface area (Å²) in [7, 11) is 0. The molecular formula is C19H18N4O2. The Morgan fingerprint density at radius 2 is 1.88 bits per heavy atom. The van der Waals surface area contributed by atoms with Crippen LogP contribution in [-0.4, -0.2) is 30.4 Å². The van der Waals surface area contributed by atoms with Gasteiger partial charge in [0, 0.05) is 17.9 Å². The van der Waals surface area contributed by atoms with Crippen LogP contribution in [-0.2, 0) is 16.0 Å². The molecule has 0 aromatic heterocycles. The maximum atomic E-state index is 12.5. The smallest absolute Gasteiger partial charge is 0.249 e. The number of carbonyl (C=O) groups is 2. The molecule has 2 N–H and O–H groups in total. The minimum atomic E-state index is -0.725. The summed E-state index contributed by atoms with van der Waals surface area (Å²) in [5.74, 6) is -0.0111. The second-order valence-corrected chi connectivity index (χ2v) is 6.11. The fourth-order valence-corrected chi connectivity index (χ4v) is 3.17. The first kappa shape index (κ1) is 15.4. The van der Waals surface area contributed by atoms with Crippen molar-refractivity contribution in [3.63, 3.8) is 0 Å². The first-order chi connectivity index (χ1) is 12.2. The van der Waals surface area contributed by atoms with Crippen molar-refractivity contribution in [2.45, 2.75) is 18.9 Å². The average Bonchev–Trinajstić information content (AvgIpc) is 3.06. The predicted octanol–water partition coefficient (Wildman–Crippen LogP) is 1.93. The van der Waals surface area contributed by atoms with Gasteiger partial charge in [-0.3, -0.25) is 14.9 Å². The summed E-state index contributed by atoms with van der Waals surface area (Å²) >= 11 is 0. The number of hydrogen-bond donors (Lipinski definition) is 2. The Morgan fingerprint density at radius 1 is 1.12 bits per heavy atom. The number of rotatable bonds is 2. The Kier molecular flexibility index (Phi) is 3.93. The molecule has 0 fully saturated rings. The van der Waals surface area contributed by atoms with Gasteiger partial charge >= 0.3 is 0 Å². The van der Waals surface area contributed by atoms with Gasteiger partial charge in [-0.1, -0.05) is 36.4 Å². The molecule has 2 aliphatic heterocycles. The summed E-state index contributed by atoms with van der Waals surface area (Å²) in [5.41, 5.74) is 2.95. The van der Waals surface area contributed by atoms with Crippen LogP contribution in [0.15, 0.2) is 59.6 Å². The highest BCUT2D eigenvalue weighted by molar-refractivity contribution is 6.11. The molecule has 0 saturated carbocycles. The van der Waals surface area contributed by atoms with Gasteiger partial charge < -0.3 is 10.2 Å². The molecule has 1 atom stereocenters. The zero-order chi connectivity index (χ0) is 17.2. The molecular weight excluding hydrogens is 316 g/mol. The third-order valence-corrected chi connectivity index (χ3v) is 4.39. The Hall–Kier alpha value is -3.15. The molecule has 2 heterocycles. The summed E-state index contributed by atoms with van der Waals surface area (Å²) in [6.45, 7) is 0.742. The molecule has 2 aromatic carbocycles. The number of carbonyl (C=O) groups excluding carboxylic acids is 2. The van der Waals surface area contributed by atoms with Crippen LogP contribution in [0, 0.1) is 0 Å². The molecule has 2 aromatic rings. The number of para-hydroxylation sites is 2. The highest BCUT2D eigenvalue weighted by Crippen LogP contribution is 2.28. The summed E-state index contributed by atoms with van der Waals surface area (Å²) in [6, 6.07) is 16.5. The number of hydrogen-bond acceptors (Lipinski definition) is 4. The highest BCUT2D eigenvalue weighted by atomic mass is 16.2. The third kappa shape index (κ3) is 3.10. The second-order valence-electron chi connectivity index (χ2n) is 6.11. The number of benzene rings is 2. The first-order valence-corrected chi connectivity index (χ1v) is 8.30. The van der Waals surface area contributed by atoms with E-state index in [0.29, 0.717) is 11.6 Å². The van der Waals surface area contributed by atoms with Gasteiger partial charge in [0.25, 0.3) is 0 Å². The molecule has 126 valence electrons. The Morgan fingerprint density at radius 3 is 2.72 bits per heavy atom. The molecule has 4 rings (SSSR count). The average molecular weight is 334 g/mol. The lowest BCUT2D eigenvalue weighted by Gasteiger charge is -2.27. The lowest BCUT2D eigenvalue weighted by molar-refractivity contribution is -0.124. The van der Waals surface area contributed by atoms with Gasteiger partial charge in [-0.15, -0.1) is 0 Å². The Labute approximate surface area is 145 Å². The van der Waals surface area contributed by atoms with Gasteiger partial charge in [-0.25, -0.2) is 4.99 Å². The quantitative estimate of drug-likeness (QED) is 0.881. The molecule has 2 amide bonds. The van der Waals surface area contributed by atoms with E-state index in [2.05, 4.69) is 21.7 Å². The van der Waals surface area contributed by atoms with Crippen molar-refractivity contribution in [1.29, 1.82) is 0 Å². The number of nitrogens with one attached hydrogen (secondary N) is 2. The Balaban J connectivity index is 1.57. The van der Waals surface area contributed by atoms with E-state index in [1.54, 1.807) is 0 Å². The topological polar surface area (TPSA) is 73.8 Å². The van der Waals surface area contributed by atoms with E-state index in [-0.39, 0.29) is 18.2 Å². The maximum absolute atomic E-state index is 12.5. The summed E-state index contributed by atoms with van der Waals surface area (Å²) in [5, 5.41) is 5.62. The minimum Gasteiger partial charge on any atom is -0.324 e. The highest BCUT2D eigenvalue weighted by Gasteiger charge is 2.31. The van der Waals surface area contributed by atoms with E-state index in [1.807, 2.05) is 53.4 Å². The van der Waals surface area contributed by atoms with Crippen molar-refractivity contribution in [3.8, 4) is 0 Å². The van der Waals surface area contributed by atoms with Gasteiger partial charge in [0.1, 0.15) is 6.04 Å². The molecule has 0 bridgehead atoms. The number of aliphatic imine (C=N–C) groups is 1. The molecule has 0 spiro atoms. The SMILES string of the molecule is O=C1C[C@H](C(=O)Nc2ccccc2)N=C(N2CCc3ccccc32)N1. The van der Waals surface area contributed by atoms with Gasteiger partial charge in [0.05, 0.1) is 6.42 Å². The van der Waals surface area contributed by atoms with Crippen molar-refractivity contribution < 1.29 is 9.59 Å². The number of fused-ring (bicyclic) bond motifs is 1. The normalized spacial score (nSPS) is 19.0. The monoisotopic (exact) mass is 334 g/mol. The third-order valence-electron chi connectivity index (χ3n) is 4.39. The first-order valence-electron chi connectivity index (χ1n) is 8.30. The minimum absolute atomic E-state index is 0.0532. The van der Waals surface area contributed by atoms with Gasteiger partial charge in [-0.05, 0) is 30.2 Å². The van der Waals surface area contributed by atoms with Crippen molar-refractivity contribution in [3.05, 3.63) is 60.2 Å². The van der Waals surface area contributed by atoms with E-state index >= 15 is 0 Å². The standard InChI is InChI=1S/C19H18N4O2/c24-17-12-15(18(25)20-14-7-2-1-3-8-14)21-19(22-17)23-11-10-13-6-4-5-9-16(13)23/h1-9,15H,10-12H2,(H,20,25)(H,21,22,24)/t15-/m1/s1. The van der Waals surface area contributed by atoms with Crippen molar-refractivity contribution in [2.24, 2.45) is 4.99 Å². The molecule has 6 heteroatoms. The molecule has 0 radical (unpaired) electrons. The van der Waals surface area contributed by atoms with E-state index < -0.39 is 6.04 Å². The van der Waals surface area contributed by atoms with E-state index in [0.717, 1.165) is 18.7 Å². The number of amides is 2. The molecule has 2 aliphatic rings. The fraction of sp³-hybridized carbons (Fsp3) is 0.211. The van der Waals surface area contributed by atoms with Crippen molar-refractivity contribution in [2.75, 3.05) is 16.8 Å². The van der Waals surface area contributed by atoms with Crippen LogP contribution in [0.25, 0.3) is 0 Å². The lowest BCUT2D eigenvalue weighted by Crippen LogP contribution is -2.50. The molecule has 0 unspecified atom stereocenters. The molecule has 6 nitrogen and oxygen atoms in total. The predicted molar refractivity (Wildman–Crippen MR) is 96.5 cm³/mol. The number of guanidine groups is 1.